The largest absolute Gasteiger partial charge is 0.480 e. The summed E-state index contributed by atoms with van der Waals surface area (Å²) in [6.07, 6.45) is 9.64. The van der Waals surface area contributed by atoms with Crippen LogP contribution in [0.4, 0.5) is 0 Å². The van der Waals surface area contributed by atoms with E-state index in [9.17, 15) is 24.9 Å². The van der Waals surface area contributed by atoms with Crippen LogP contribution in [-0.4, -0.2) is 69.2 Å². The maximum atomic E-state index is 12.4. The van der Waals surface area contributed by atoms with Crippen molar-refractivity contribution >= 4 is 17.6 Å². The van der Waals surface area contributed by atoms with Gasteiger partial charge in [-0.2, -0.15) is 0 Å². The van der Waals surface area contributed by atoms with Gasteiger partial charge in [-0.25, -0.2) is 4.79 Å². The van der Waals surface area contributed by atoms with Crippen LogP contribution in [0.15, 0.2) is 16.8 Å². The molecule has 8 atom stereocenters. The number of hydrogen-bond donors (Lipinski definition) is 3. The number of carbonyl (C=O) groups excluding carboxylic acids is 1. The molecule has 1 amide bonds. The summed E-state index contributed by atoms with van der Waals surface area (Å²) in [6, 6.07) is -1.01. The number of carboxylic acids is 1. The van der Waals surface area contributed by atoms with Gasteiger partial charge in [-0.3, -0.25) is 4.79 Å². The Morgan fingerprint density at radius 1 is 1.12 bits per heavy atom. The van der Waals surface area contributed by atoms with Crippen LogP contribution in [0.3, 0.4) is 0 Å². The fourth-order valence-corrected chi connectivity index (χ4v) is 8.19. The quantitative estimate of drug-likeness (QED) is 0.539. The van der Waals surface area contributed by atoms with E-state index in [1.807, 2.05) is 0 Å². The van der Waals surface area contributed by atoms with Gasteiger partial charge in [0.2, 0.25) is 0 Å². The number of fused-ring (bicyclic) bond motifs is 5. The van der Waals surface area contributed by atoms with E-state index in [1.54, 1.807) is 0 Å². The van der Waals surface area contributed by atoms with Gasteiger partial charge in [-0.1, -0.05) is 24.6 Å². The first-order valence-corrected chi connectivity index (χ1v) is 12.9. The third-order valence-electron chi connectivity index (χ3n) is 10.2. The molecule has 1 aliphatic heterocycles. The summed E-state index contributed by atoms with van der Waals surface area (Å²) in [6.45, 7) is 4.41. The maximum absolute atomic E-state index is 12.4. The zero-order valence-electron chi connectivity index (χ0n) is 20.3. The first kappa shape index (κ1) is 23.8. The van der Waals surface area contributed by atoms with E-state index in [1.165, 1.54) is 23.3 Å². The van der Waals surface area contributed by atoms with Crippen LogP contribution < -0.4 is 0 Å². The van der Waals surface area contributed by atoms with E-state index in [4.69, 9.17) is 4.84 Å². The molecule has 3 saturated carbocycles. The van der Waals surface area contributed by atoms with Crippen LogP contribution in [0.2, 0.25) is 0 Å². The number of aliphatic hydroxyl groups excluding tert-OH is 2. The molecule has 8 heteroatoms. The second kappa shape index (κ2) is 8.63. The van der Waals surface area contributed by atoms with Gasteiger partial charge in [0.05, 0.1) is 17.9 Å². The van der Waals surface area contributed by atoms with Crippen molar-refractivity contribution in [2.24, 2.45) is 33.7 Å². The van der Waals surface area contributed by atoms with Gasteiger partial charge in [0.1, 0.15) is 6.04 Å². The topological polar surface area (TPSA) is 120 Å². The highest BCUT2D eigenvalue weighted by Gasteiger charge is 2.58. The van der Waals surface area contributed by atoms with Crippen LogP contribution in [0.1, 0.15) is 71.6 Å². The van der Waals surface area contributed by atoms with E-state index in [2.05, 4.69) is 25.1 Å². The lowest BCUT2D eigenvalue weighted by molar-refractivity contribution is -0.150. The second-order valence-corrected chi connectivity index (χ2v) is 11.8. The summed E-state index contributed by atoms with van der Waals surface area (Å²) >= 11 is 0. The molecule has 0 aromatic rings. The fraction of sp³-hybridized carbons (Fsp3) is 0.808. The maximum Gasteiger partial charge on any atom is 0.326 e. The lowest BCUT2D eigenvalue weighted by atomic mass is 9.47. The zero-order valence-corrected chi connectivity index (χ0v) is 20.3. The minimum absolute atomic E-state index is 0.0117. The second-order valence-electron chi connectivity index (χ2n) is 11.8. The number of β-amino-alcohol motifs (C(OH)–C–C–N with tert-alkyl or cyclic N) is 1. The summed E-state index contributed by atoms with van der Waals surface area (Å²) in [5, 5.41) is 33.9. The minimum atomic E-state index is -1.11. The Kier molecular flexibility index (Phi) is 6.04. The van der Waals surface area contributed by atoms with Crippen LogP contribution >= 0.6 is 0 Å². The van der Waals surface area contributed by atoms with Gasteiger partial charge in [0.15, 0.2) is 6.61 Å². The Morgan fingerprint density at radius 3 is 2.68 bits per heavy atom. The average molecular weight is 475 g/mol. The van der Waals surface area contributed by atoms with Gasteiger partial charge in [-0.15, -0.1) is 0 Å². The van der Waals surface area contributed by atoms with Crippen LogP contribution in [0.25, 0.3) is 0 Å². The highest BCUT2D eigenvalue weighted by molar-refractivity contribution is 5.96. The van der Waals surface area contributed by atoms with Crippen LogP contribution in [0, 0.1) is 28.6 Å². The molecule has 1 heterocycles. The highest BCUT2D eigenvalue weighted by atomic mass is 16.6. The smallest absolute Gasteiger partial charge is 0.326 e. The molecule has 4 fully saturated rings. The number of aliphatic hydroxyl groups is 2. The Balaban J connectivity index is 1.24. The summed E-state index contributed by atoms with van der Waals surface area (Å²) in [7, 11) is 0. The third-order valence-corrected chi connectivity index (χ3v) is 10.2. The Labute approximate surface area is 201 Å². The molecule has 3 N–H and O–H groups in total. The molecular formula is C26H38N2O6. The molecule has 8 nitrogen and oxygen atoms in total. The van der Waals surface area contributed by atoms with Gasteiger partial charge < -0.3 is 25.1 Å². The Hall–Kier alpha value is -1.93. The molecule has 0 aromatic heterocycles. The van der Waals surface area contributed by atoms with E-state index >= 15 is 0 Å². The SMILES string of the molecule is C[C@]12CC[C@@H]3[C@@H](CCC4=C/C(=N/OCC(=O)N5C[C@H](O)C[C@@H]5C(=O)O)CC[C@@]43C)[C@@H]1CC[C@@H]2O. The molecule has 1 saturated heterocycles. The first-order chi connectivity index (χ1) is 16.1. The predicted octanol–water partition coefficient (Wildman–Crippen LogP) is 2.73. The number of nitrogens with zero attached hydrogens (tertiary/aromatic N) is 2. The summed E-state index contributed by atoms with van der Waals surface area (Å²) in [4.78, 5) is 30.3. The zero-order chi connectivity index (χ0) is 24.3. The number of amides is 1. The molecule has 34 heavy (non-hydrogen) atoms. The third kappa shape index (κ3) is 3.77. The number of carboxylic acid groups (broad SMARTS) is 1. The van der Waals surface area contributed by atoms with Crippen molar-refractivity contribution in [1.82, 2.24) is 4.90 Å². The van der Waals surface area contributed by atoms with Gasteiger partial charge in [0, 0.05) is 13.0 Å². The molecule has 5 rings (SSSR count). The lowest BCUT2D eigenvalue weighted by Gasteiger charge is -2.57. The molecule has 0 unspecified atom stereocenters. The fourth-order valence-electron chi connectivity index (χ4n) is 8.19. The highest BCUT2D eigenvalue weighted by Crippen LogP contribution is 2.65. The van der Waals surface area contributed by atoms with E-state index < -0.39 is 24.0 Å². The Morgan fingerprint density at radius 2 is 1.91 bits per heavy atom. The lowest BCUT2D eigenvalue weighted by Crippen LogP contribution is -2.51. The standard InChI is InChI=1S/C26H38N2O6/c1-25-9-7-16(27-34-14-23(31)28-13-17(29)12-21(28)24(32)33)11-15(25)3-4-18-19-5-6-22(30)26(19,2)10-8-20(18)25/h11,17-22,29-30H,3-10,12-14H2,1-2H3,(H,32,33)/b27-16+/t17-,18+,19+,20-,21-,22+,25+,26+/m1/s1. The number of carbonyl (C=O) groups is 2. The molecule has 5 aliphatic rings. The van der Waals surface area contributed by atoms with E-state index in [0.717, 1.165) is 44.2 Å². The molecular weight excluding hydrogens is 436 g/mol. The Bertz CT molecular complexity index is 917. The van der Waals surface area contributed by atoms with E-state index in [-0.39, 0.29) is 36.5 Å². The molecule has 0 spiro atoms. The predicted molar refractivity (Wildman–Crippen MR) is 125 cm³/mol. The van der Waals surface area contributed by atoms with E-state index in [0.29, 0.717) is 17.8 Å². The molecule has 0 bridgehead atoms. The van der Waals surface area contributed by atoms with Crippen molar-refractivity contribution in [3.63, 3.8) is 0 Å². The molecule has 0 radical (unpaired) electrons. The number of likely N-dealkylation sites (tertiary alicyclic amines) is 1. The van der Waals surface area contributed by atoms with Crippen molar-refractivity contribution in [1.29, 1.82) is 0 Å². The monoisotopic (exact) mass is 474 g/mol. The van der Waals surface area contributed by atoms with Crippen molar-refractivity contribution in [3.05, 3.63) is 11.6 Å². The number of rotatable bonds is 4. The van der Waals surface area contributed by atoms with Gasteiger partial charge in [0.25, 0.3) is 5.91 Å². The molecule has 4 aliphatic carbocycles. The number of hydrogen-bond acceptors (Lipinski definition) is 6. The van der Waals surface area contributed by atoms with Crippen molar-refractivity contribution < 1.29 is 29.7 Å². The number of aliphatic carboxylic acids is 1. The molecule has 188 valence electrons. The number of oxime groups is 1. The normalized spacial score (nSPS) is 44.8. The summed E-state index contributed by atoms with van der Waals surface area (Å²) in [5.74, 6) is 0.380. The van der Waals surface area contributed by atoms with Crippen molar-refractivity contribution in [2.75, 3.05) is 13.2 Å². The van der Waals surface area contributed by atoms with Gasteiger partial charge in [-0.05, 0) is 86.0 Å². The molecule has 0 aromatic carbocycles. The number of allylic oxidation sites excluding steroid dienone is 2. The first-order valence-electron chi connectivity index (χ1n) is 12.9. The van der Waals surface area contributed by atoms with Gasteiger partial charge >= 0.3 is 5.97 Å². The van der Waals surface area contributed by atoms with Crippen LogP contribution in [-0.2, 0) is 14.4 Å². The van der Waals surface area contributed by atoms with Crippen molar-refractivity contribution in [3.8, 4) is 0 Å². The summed E-state index contributed by atoms with van der Waals surface area (Å²) < 4.78 is 0. The summed E-state index contributed by atoms with van der Waals surface area (Å²) in [5.41, 5.74) is 2.52. The average Bonchev–Trinajstić information content (AvgIpc) is 3.33. The van der Waals surface area contributed by atoms with Crippen LogP contribution in [0.5, 0.6) is 0 Å². The minimum Gasteiger partial charge on any atom is -0.480 e. The van der Waals surface area contributed by atoms with Crippen molar-refractivity contribution in [2.45, 2.75) is 89.9 Å².